The predicted molar refractivity (Wildman–Crippen MR) is 215 cm³/mol. The van der Waals surface area contributed by atoms with E-state index in [1.54, 1.807) is 77.7 Å². The summed E-state index contributed by atoms with van der Waals surface area (Å²) < 4.78 is 56.3. The topological polar surface area (TPSA) is 195 Å². The molecule has 1 amide bonds. The van der Waals surface area contributed by atoms with Crippen LogP contribution in [-0.2, 0) is 20.0 Å². The van der Waals surface area contributed by atoms with E-state index in [4.69, 9.17) is 4.74 Å². The molecule has 2 aliphatic heterocycles. The van der Waals surface area contributed by atoms with Gasteiger partial charge < -0.3 is 15.0 Å². The Morgan fingerprint density at radius 2 is 1.21 bits per heavy atom. The summed E-state index contributed by atoms with van der Waals surface area (Å²) in [6.45, 7) is 2.19. The second-order valence-corrected chi connectivity index (χ2v) is 17.5. The van der Waals surface area contributed by atoms with E-state index in [1.807, 2.05) is 37.4 Å². The number of nitrogens with one attached hydrogen (secondary N) is 1. The van der Waals surface area contributed by atoms with Gasteiger partial charge in [0.2, 0.25) is 20.0 Å². The van der Waals surface area contributed by atoms with E-state index in [0.29, 0.717) is 62.2 Å². The second kappa shape index (κ2) is 19.7. The maximum absolute atomic E-state index is 12.7. The zero-order valence-corrected chi connectivity index (χ0v) is 34.0. The van der Waals surface area contributed by atoms with Crippen LogP contribution < -0.4 is 10.1 Å². The Morgan fingerprint density at radius 3 is 1.68 bits per heavy atom. The third-order valence-electron chi connectivity index (χ3n) is 9.53. The maximum Gasteiger partial charge on any atom is 0.424 e. The molecule has 0 radical (unpaired) electrons. The van der Waals surface area contributed by atoms with Gasteiger partial charge in [-0.15, -0.1) is 0 Å². The van der Waals surface area contributed by atoms with E-state index in [-0.39, 0.29) is 12.1 Å². The van der Waals surface area contributed by atoms with Gasteiger partial charge in [0.05, 0.1) is 23.9 Å². The fourth-order valence-electron chi connectivity index (χ4n) is 6.19. The molecule has 304 valence electrons. The van der Waals surface area contributed by atoms with Crippen molar-refractivity contribution in [2.45, 2.75) is 37.8 Å². The van der Waals surface area contributed by atoms with Crippen molar-refractivity contribution in [1.29, 1.82) is 0 Å². The minimum Gasteiger partial charge on any atom is -0.410 e. The fourth-order valence-corrected chi connectivity index (χ4v) is 7.94. The molecule has 0 saturated carbocycles. The van der Waals surface area contributed by atoms with Gasteiger partial charge in [0.25, 0.3) is 0 Å². The summed E-state index contributed by atoms with van der Waals surface area (Å²) in [6, 6.07) is 16.6. The van der Waals surface area contributed by atoms with Crippen molar-refractivity contribution in [3.63, 3.8) is 0 Å². The van der Waals surface area contributed by atoms with E-state index in [9.17, 15) is 26.4 Å². The third-order valence-corrected chi connectivity index (χ3v) is 12.1. The van der Waals surface area contributed by atoms with Crippen molar-refractivity contribution in [3.8, 4) is 28.3 Å². The summed E-state index contributed by atoms with van der Waals surface area (Å²) in [4.78, 5) is 42.8. The Labute approximate surface area is 333 Å². The van der Waals surface area contributed by atoms with Crippen LogP contribution in [0.1, 0.15) is 25.7 Å². The Balaban J connectivity index is 0.000000173. The zero-order valence-electron chi connectivity index (χ0n) is 32.3. The number of carbonyl (C=O) groups excluding carboxylic acids is 2. The molecule has 2 aliphatic rings. The van der Waals surface area contributed by atoms with E-state index in [2.05, 4.69) is 25.3 Å². The number of hydrogen-bond donors (Lipinski definition) is 1. The lowest BCUT2D eigenvalue weighted by Gasteiger charge is -2.35. The highest BCUT2D eigenvalue weighted by Gasteiger charge is 2.30. The van der Waals surface area contributed by atoms with Crippen LogP contribution in [-0.4, -0.2) is 136 Å². The number of aromatic nitrogens is 6. The molecule has 0 aliphatic carbocycles. The molecule has 19 heteroatoms. The summed E-state index contributed by atoms with van der Waals surface area (Å²) >= 11 is 0. The van der Waals surface area contributed by atoms with Gasteiger partial charge in [-0.1, -0.05) is 18.2 Å². The number of benzene rings is 1. The Bertz CT molecular complexity index is 2260. The van der Waals surface area contributed by atoms with Crippen molar-refractivity contribution >= 4 is 32.2 Å². The number of para-hydroxylation sites is 1. The van der Waals surface area contributed by atoms with E-state index in [1.165, 1.54) is 38.6 Å². The molecular weight excluding hydrogens is 773 g/mol. The minimum absolute atomic E-state index is 0.00902. The van der Waals surface area contributed by atoms with Crippen LogP contribution in [0.3, 0.4) is 0 Å². The highest BCUT2D eigenvalue weighted by atomic mass is 32.2. The van der Waals surface area contributed by atoms with Crippen LogP contribution in [0.5, 0.6) is 5.75 Å². The van der Waals surface area contributed by atoms with Crippen molar-refractivity contribution in [2.24, 2.45) is 0 Å². The molecule has 2 fully saturated rings. The number of imidazole rings is 2. The number of carbonyl (C=O) groups is 2. The van der Waals surface area contributed by atoms with E-state index in [0.717, 1.165) is 24.0 Å². The first-order valence-electron chi connectivity index (χ1n) is 18.2. The average molecular weight is 821 g/mol. The molecule has 1 aromatic carbocycles. The number of piperidine rings is 2. The van der Waals surface area contributed by atoms with Crippen molar-refractivity contribution < 1.29 is 31.2 Å². The lowest BCUT2D eigenvalue weighted by molar-refractivity contribution is 0.164. The van der Waals surface area contributed by atoms with Gasteiger partial charge >= 0.3 is 12.1 Å². The normalized spacial score (nSPS) is 15.7. The van der Waals surface area contributed by atoms with Crippen LogP contribution in [0, 0.1) is 0 Å². The summed E-state index contributed by atoms with van der Waals surface area (Å²) in [5.41, 5.74) is 3.04. The molecule has 57 heavy (non-hydrogen) atoms. The number of amides is 1. The van der Waals surface area contributed by atoms with Gasteiger partial charge in [0, 0.05) is 93.6 Å². The first-order valence-corrected chi connectivity index (χ1v) is 21.9. The number of pyridine rings is 2. The standard InChI is InChI=1S/C16H21N5O3S.C15H11N3O2.C7H16N2O2S/c1-19(14-5-8-21(9-6-14)25(2,23)24)16(22)20-11-15(18-12-20)13-4-3-7-17-10-13;19-15(20-13-6-2-1-3-7-13)18-10-14(17-11-18)12-5-4-8-16-9-12;1-8-7-3-5-9(6-4-7)12(2,10)11/h3-4,7,10-12,14H,5-6,8-9H2,1-2H3;1-11H;7-8H,3-6H2,1-2H3. The molecule has 0 atom stereocenters. The van der Waals surface area contributed by atoms with Crippen LogP contribution in [0.4, 0.5) is 9.59 Å². The lowest BCUT2D eigenvalue weighted by atomic mass is 10.1. The third kappa shape index (κ3) is 12.3. The van der Waals surface area contributed by atoms with Gasteiger partial charge in [-0.2, -0.15) is 0 Å². The van der Waals surface area contributed by atoms with Crippen molar-refractivity contribution in [2.75, 3.05) is 52.8 Å². The van der Waals surface area contributed by atoms with Gasteiger partial charge in [-0.25, -0.2) is 49.6 Å². The molecular formula is C38H48N10O7S2. The van der Waals surface area contributed by atoms with E-state index < -0.39 is 26.1 Å². The highest BCUT2D eigenvalue weighted by molar-refractivity contribution is 7.88. The Kier molecular flexibility index (Phi) is 14.8. The zero-order chi connectivity index (χ0) is 41.0. The van der Waals surface area contributed by atoms with Gasteiger partial charge in [-0.3, -0.25) is 14.5 Å². The first kappa shape index (κ1) is 42.8. The van der Waals surface area contributed by atoms with Gasteiger partial charge in [0.1, 0.15) is 18.4 Å². The smallest absolute Gasteiger partial charge is 0.410 e. The van der Waals surface area contributed by atoms with Crippen LogP contribution in [0.2, 0.25) is 0 Å². The molecule has 0 bridgehead atoms. The molecule has 0 spiro atoms. The minimum atomic E-state index is -3.17. The van der Waals surface area contributed by atoms with Crippen LogP contribution >= 0.6 is 0 Å². The second-order valence-electron chi connectivity index (χ2n) is 13.5. The van der Waals surface area contributed by atoms with Crippen molar-refractivity contribution in [3.05, 3.63) is 104 Å². The highest BCUT2D eigenvalue weighted by Crippen LogP contribution is 2.21. The summed E-state index contributed by atoms with van der Waals surface area (Å²) in [7, 11) is -2.46. The molecule has 0 unspecified atom stereocenters. The summed E-state index contributed by atoms with van der Waals surface area (Å²) in [5.74, 6) is 0.495. The molecule has 6 heterocycles. The average Bonchev–Trinajstić information content (AvgIpc) is 3.93. The van der Waals surface area contributed by atoms with E-state index >= 15 is 0 Å². The molecule has 1 N–H and O–H groups in total. The van der Waals surface area contributed by atoms with Crippen molar-refractivity contribution in [1.82, 2.24) is 47.9 Å². The van der Waals surface area contributed by atoms with Gasteiger partial charge in [-0.05, 0) is 69.1 Å². The molecule has 4 aromatic heterocycles. The number of rotatable bonds is 7. The number of nitrogens with zero attached hydrogens (tertiary/aromatic N) is 9. The molecule has 2 saturated heterocycles. The monoisotopic (exact) mass is 820 g/mol. The van der Waals surface area contributed by atoms with Gasteiger partial charge in [0.15, 0.2) is 0 Å². The number of ether oxygens (including phenoxy) is 1. The number of sulfonamides is 2. The quantitative estimate of drug-likeness (QED) is 0.249. The molecule has 17 nitrogen and oxygen atoms in total. The number of hydrogen-bond acceptors (Lipinski definition) is 12. The van der Waals surface area contributed by atoms with Crippen LogP contribution in [0.15, 0.2) is 104 Å². The summed E-state index contributed by atoms with van der Waals surface area (Å²) in [5, 5.41) is 3.15. The Hall–Kier alpha value is -5.34. The molecule has 7 rings (SSSR count). The lowest BCUT2D eigenvalue weighted by Crippen LogP contribution is -2.47. The SMILES string of the molecule is CN(C(=O)n1cnc(-c2cccnc2)c1)C1CCN(S(C)(=O)=O)CC1.CNC1CCN(S(C)(=O)=O)CC1.O=C(Oc1ccccc1)n1cnc(-c2cccnc2)c1. The summed E-state index contributed by atoms with van der Waals surface area (Å²) in [6.07, 6.45) is 18.0. The first-order chi connectivity index (χ1) is 27.2. The fraction of sp³-hybridized carbons (Fsp3) is 0.368. The maximum atomic E-state index is 12.7. The Morgan fingerprint density at radius 1 is 0.719 bits per heavy atom. The predicted octanol–water partition coefficient (Wildman–Crippen LogP) is 3.89. The largest absolute Gasteiger partial charge is 0.424 e. The molecule has 5 aromatic rings. The van der Waals surface area contributed by atoms with Crippen LogP contribution in [0.25, 0.3) is 22.5 Å².